The Morgan fingerprint density at radius 2 is 1.56 bits per heavy atom. The van der Waals surface area contributed by atoms with E-state index in [9.17, 15) is 0 Å². The Hall–Kier alpha value is -0.820. The van der Waals surface area contributed by atoms with Crippen LogP contribution in [0.5, 0.6) is 0 Å². The molecule has 0 atom stereocenters. The summed E-state index contributed by atoms with van der Waals surface area (Å²) in [7, 11) is 0. The second-order valence-electron chi connectivity index (χ2n) is 5.53. The zero-order valence-corrected chi connectivity index (χ0v) is 11.0. The fourth-order valence-corrected chi connectivity index (χ4v) is 1.51. The van der Waals surface area contributed by atoms with Gasteiger partial charge in [-0.15, -0.1) is 0 Å². The summed E-state index contributed by atoms with van der Waals surface area (Å²) >= 11 is 0. The minimum absolute atomic E-state index is 0.270. The van der Waals surface area contributed by atoms with Crippen LogP contribution in [0.2, 0.25) is 0 Å². The molecule has 1 rings (SSSR count). The quantitative estimate of drug-likeness (QED) is 0.685. The van der Waals surface area contributed by atoms with Crippen molar-refractivity contribution in [3.05, 3.63) is 35.4 Å². The lowest BCUT2D eigenvalue weighted by Gasteiger charge is -2.17. The van der Waals surface area contributed by atoms with Gasteiger partial charge >= 0.3 is 0 Å². The summed E-state index contributed by atoms with van der Waals surface area (Å²) in [5.41, 5.74) is 3.04. The van der Waals surface area contributed by atoms with Crippen molar-refractivity contribution in [3.63, 3.8) is 0 Å². The van der Waals surface area contributed by atoms with E-state index in [0.717, 1.165) is 26.1 Å². The molecule has 1 aromatic rings. The normalized spacial score (nSPS) is 11.8. The van der Waals surface area contributed by atoms with E-state index in [4.69, 9.17) is 4.74 Å². The molecule has 0 saturated heterocycles. The summed E-state index contributed by atoms with van der Waals surface area (Å²) in [5, 5.41) is 0. The summed E-state index contributed by atoms with van der Waals surface area (Å²) in [6, 6.07) is 8.83. The van der Waals surface area contributed by atoms with Crippen LogP contribution in [0.25, 0.3) is 0 Å². The second-order valence-corrected chi connectivity index (χ2v) is 5.53. The van der Waals surface area contributed by atoms with Crippen molar-refractivity contribution in [1.29, 1.82) is 0 Å². The Labute approximate surface area is 99.8 Å². The lowest BCUT2D eigenvalue weighted by Crippen LogP contribution is -2.15. The smallest absolute Gasteiger partial charge is 0.0514 e. The maximum absolute atomic E-state index is 5.66. The molecule has 0 aliphatic heterocycles. The molecule has 1 aromatic carbocycles. The van der Waals surface area contributed by atoms with Gasteiger partial charge < -0.3 is 4.74 Å². The van der Waals surface area contributed by atoms with E-state index in [2.05, 4.69) is 52.0 Å². The van der Waals surface area contributed by atoms with Gasteiger partial charge in [0.2, 0.25) is 0 Å². The Morgan fingerprint density at radius 3 is 2.06 bits per heavy atom. The number of rotatable bonds is 5. The van der Waals surface area contributed by atoms with Crippen LogP contribution < -0.4 is 0 Å². The summed E-state index contributed by atoms with van der Waals surface area (Å²) < 4.78 is 5.66. The van der Waals surface area contributed by atoms with Gasteiger partial charge in [0.05, 0.1) is 13.2 Å². The number of hydrogen-bond acceptors (Lipinski definition) is 1. The van der Waals surface area contributed by atoms with E-state index in [1.54, 1.807) is 0 Å². The third-order valence-corrected chi connectivity index (χ3v) is 2.50. The molecule has 0 bridgehead atoms. The van der Waals surface area contributed by atoms with Gasteiger partial charge in [0.1, 0.15) is 0 Å². The van der Waals surface area contributed by atoms with Crippen LogP contribution in [-0.2, 0) is 17.6 Å². The van der Waals surface area contributed by atoms with E-state index in [1.165, 1.54) is 11.1 Å². The molecular weight excluding hydrogens is 196 g/mol. The molecule has 0 saturated carbocycles. The van der Waals surface area contributed by atoms with E-state index in [1.807, 2.05) is 0 Å². The van der Waals surface area contributed by atoms with Crippen LogP contribution in [0, 0.1) is 5.41 Å². The SMILES string of the molecule is CCc1ccc(CCOCC(C)(C)C)cc1. The molecule has 0 spiro atoms. The highest BCUT2D eigenvalue weighted by Crippen LogP contribution is 2.13. The predicted molar refractivity (Wildman–Crippen MR) is 69.8 cm³/mol. The fourth-order valence-electron chi connectivity index (χ4n) is 1.51. The van der Waals surface area contributed by atoms with Crippen molar-refractivity contribution in [2.75, 3.05) is 13.2 Å². The number of hydrogen-bond donors (Lipinski definition) is 0. The average molecular weight is 220 g/mol. The lowest BCUT2D eigenvalue weighted by molar-refractivity contribution is 0.0733. The summed E-state index contributed by atoms with van der Waals surface area (Å²) in [4.78, 5) is 0. The third kappa shape index (κ3) is 5.32. The zero-order chi connectivity index (χ0) is 12.0. The van der Waals surface area contributed by atoms with Crippen molar-refractivity contribution >= 4 is 0 Å². The lowest BCUT2D eigenvalue weighted by atomic mass is 9.99. The Kier molecular flexibility index (Phi) is 5.01. The minimum Gasteiger partial charge on any atom is -0.381 e. The van der Waals surface area contributed by atoms with Crippen LogP contribution in [0.1, 0.15) is 38.8 Å². The highest BCUT2D eigenvalue weighted by molar-refractivity contribution is 5.22. The molecule has 16 heavy (non-hydrogen) atoms. The molecule has 0 unspecified atom stereocenters. The Balaban J connectivity index is 2.27. The largest absolute Gasteiger partial charge is 0.381 e. The molecular formula is C15H24O. The van der Waals surface area contributed by atoms with Gasteiger partial charge in [0.25, 0.3) is 0 Å². The van der Waals surface area contributed by atoms with Crippen molar-refractivity contribution in [3.8, 4) is 0 Å². The molecule has 1 nitrogen and oxygen atoms in total. The second kappa shape index (κ2) is 6.05. The first-order valence-electron chi connectivity index (χ1n) is 6.17. The molecule has 0 N–H and O–H groups in total. The molecule has 0 aliphatic carbocycles. The van der Waals surface area contributed by atoms with Crippen LogP contribution in [0.3, 0.4) is 0 Å². The molecule has 90 valence electrons. The molecule has 0 radical (unpaired) electrons. The zero-order valence-electron chi connectivity index (χ0n) is 11.0. The predicted octanol–water partition coefficient (Wildman–Crippen LogP) is 3.85. The summed E-state index contributed by atoms with van der Waals surface area (Å²) in [6.45, 7) is 10.4. The van der Waals surface area contributed by atoms with Crippen molar-refractivity contribution in [2.24, 2.45) is 5.41 Å². The molecule has 0 aliphatic rings. The molecule has 0 amide bonds. The van der Waals surface area contributed by atoms with Gasteiger partial charge in [0, 0.05) is 0 Å². The highest BCUT2D eigenvalue weighted by atomic mass is 16.5. The van der Waals surface area contributed by atoms with E-state index >= 15 is 0 Å². The number of benzene rings is 1. The molecule has 0 heterocycles. The summed E-state index contributed by atoms with van der Waals surface area (Å²) in [6.07, 6.45) is 2.13. The molecule has 0 fully saturated rings. The monoisotopic (exact) mass is 220 g/mol. The standard InChI is InChI=1S/C15H24O/c1-5-13-6-8-14(9-7-13)10-11-16-12-15(2,3)4/h6-9H,5,10-12H2,1-4H3. The Morgan fingerprint density at radius 1 is 1.00 bits per heavy atom. The first kappa shape index (κ1) is 13.2. The van der Waals surface area contributed by atoms with Crippen LogP contribution >= 0.6 is 0 Å². The topological polar surface area (TPSA) is 9.23 Å². The fraction of sp³-hybridized carbons (Fsp3) is 0.600. The van der Waals surface area contributed by atoms with Crippen molar-refractivity contribution in [1.82, 2.24) is 0 Å². The first-order valence-corrected chi connectivity index (χ1v) is 6.17. The van der Waals surface area contributed by atoms with Crippen molar-refractivity contribution in [2.45, 2.75) is 40.5 Å². The maximum atomic E-state index is 5.66. The van der Waals surface area contributed by atoms with Gasteiger partial charge in [0.15, 0.2) is 0 Å². The van der Waals surface area contributed by atoms with Crippen molar-refractivity contribution < 1.29 is 4.74 Å². The molecule has 0 aromatic heterocycles. The van der Waals surface area contributed by atoms with Gasteiger partial charge in [-0.05, 0) is 29.4 Å². The highest BCUT2D eigenvalue weighted by Gasteiger charge is 2.09. The van der Waals surface area contributed by atoms with E-state index in [-0.39, 0.29) is 5.41 Å². The van der Waals surface area contributed by atoms with Gasteiger partial charge in [-0.1, -0.05) is 52.0 Å². The van der Waals surface area contributed by atoms with Gasteiger partial charge in [-0.25, -0.2) is 0 Å². The van der Waals surface area contributed by atoms with Gasteiger partial charge in [-0.3, -0.25) is 0 Å². The first-order chi connectivity index (χ1) is 7.51. The van der Waals surface area contributed by atoms with E-state index < -0.39 is 0 Å². The third-order valence-electron chi connectivity index (χ3n) is 2.50. The van der Waals surface area contributed by atoms with E-state index in [0.29, 0.717) is 0 Å². The average Bonchev–Trinajstić information content (AvgIpc) is 2.24. The number of ether oxygens (including phenoxy) is 1. The molecule has 1 heteroatoms. The Bertz CT molecular complexity index is 292. The van der Waals surface area contributed by atoms with Crippen LogP contribution in [0.4, 0.5) is 0 Å². The minimum atomic E-state index is 0.270. The van der Waals surface area contributed by atoms with Gasteiger partial charge in [-0.2, -0.15) is 0 Å². The van der Waals surface area contributed by atoms with Crippen LogP contribution in [-0.4, -0.2) is 13.2 Å². The maximum Gasteiger partial charge on any atom is 0.0514 e. The summed E-state index contributed by atoms with van der Waals surface area (Å²) in [5.74, 6) is 0. The number of aryl methyl sites for hydroxylation is 1. The van der Waals surface area contributed by atoms with Crippen LogP contribution in [0.15, 0.2) is 24.3 Å².